The lowest BCUT2D eigenvalue weighted by molar-refractivity contribution is -0.161. The summed E-state index contributed by atoms with van der Waals surface area (Å²) in [5.74, 6) is -1.70. The number of esters is 2. The van der Waals surface area contributed by atoms with Gasteiger partial charge in [0.2, 0.25) is 6.10 Å². The lowest BCUT2D eigenvalue weighted by Gasteiger charge is -2.19. The molecule has 3 aromatic rings. The van der Waals surface area contributed by atoms with Gasteiger partial charge in [0.15, 0.2) is 0 Å². The van der Waals surface area contributed by atoms with Gasteiger partial charge in [-0.3, -0.25) is 4.79 Å². The van der Waals surface area contributed by atoms with Crippen molar-refractivity contribution in [3.05, 3.63) is 70.9 Å². The SMILES string of the molecule is O=C(N[C@H](Cc1c[nH]c2ccccc12)C(=O)O[C@H]1CCOC1=O)c1ccc(Cl)cc1. The highest BCUT2D eigenvalue weighted by atomic mass is 35.5. The Labute approximate surface area is 177 Å². The largest absolute Gasteiger partial charge is 0.463 e. The Bertz CT molecular complexity index is 1090. The minimum absolute atomic E-state index is 0.198. The fraction of sp³-hybridized carbons (Fsp3) is 0.227. The number of halogens is 1. The molecule has 1 saturated heterocycles. The van der Waals surface area contributed by atoms with Gasteiger partial charge in [-0.2, -0.15) is 0 Å². The van der Waals surface area contributed by atoms with Crippen molar-refractivity contribution in [1.29, 1.82) is 0 Å². The summed E-state index contributed by atoms with van der Waals surface area (Å²) in [5.41, 5.74) is 2.12. The van der Waals surface area contributed by atoms with Crippen molar-refractivity contribution in [2.45, 2.75) is 25.0 Å². The number of nitrogens with one attached hydrogen (secondary N) is 2. The van der Waals surface area contributed by atoms with E-state index in [-0.39, 0.29) is 13.0 Å². The van der Waals surface area contributed by atoms with Gasteiger partial charge in [0.25, 0.3) is 5.91 Å². The maximum absolute atomic E-state index is 12.9. The van der Waals surface area contributed by atoms with E-state index in [1.54, 1.807) is 30.5 Å². The number of carbonyl (C=O) groups excluding carboxylic acids is 3. The number of benzene rings is 2. The summed E-state index contributed by atoms with van der Waals surface area (Å²) in [5, 5.41) is 4.16. The first kappa shape index (κ1) is 20.0. The second-order valence-electron chi connectivity index (χ2n) is 6.98. The molecule has 30 heavy (non-hydrogen) atoms. The van der Waals surface area contributed by atoms with E-state index < -0.39 is 30.0 Å². The van der Waals surface area contributed by atoms with E-state index in [4.69, 9.17) is 21.1 Å². The third kappa shape index (κ3) is 4.31. The summed E-state index contributed by atoms with van der Waals surface area (Å²) in [6.07, 6.45) is 1.35. The molecule has 0 spiro atoms. The van der Waals surface area contributed by atoms with Crippen molar-refractivity contribution in [3.8, 4) is 0 Å². The van der Waals surface area contributed by atoms with Gasteiger partial charge in [-0.1, -0.05) is 29.8 Å². The van der Waals surface area contributed by atoms with Crippen molar-refractivity contribution in [1.82, 2.24) is 10.3 Å². The van der Waals surface area contributed by atoms with Crippen molar-refractivity contribution in [3.63, 3.8) is 0 Å². The third-order valence-corrected chi connectivity index (χ3v) is 5.19. The fourth-order valence-corrected chi connectivity index (χ4v) is 3.49. The van der Waals surface area contributed by atoms with E-state index in [1.807, 2.05) is 24.3 Å². The van der Waals surface area contributed by atoms with Crippen LogP contribution in [0.3, 0.4) is 0 Å². The Morgan fingerprint density at radius 2 is 1.97 bits per heavy atom. The van der Waals surface area contributed by atoms with Crippen LogP contribution >= 0.6 is 11.6 Å². The Hall–Kier alpha value is -3.32. The molecule has 1 fully saturated rings. The van der Waals surface area contributed by atoms with Gasteiger partial charge in [-0.25, -0.2) is 9.59 Å². The number of aromatic amines is 1. The Kier molecular flexibility index (Phi) is 5.72. The van der Waals surface area contributed by atoms with Crippen molar-refractivity contribution in [2.75, 3.05) is 6.61 Å². The standard InChI is InChI=1S/C22H19ClN2O5/c23-15-7-5-13(6-8-15)20(26)25-18(21(27)30-19-9-10-29-22(19)28)11-14-12-24-17-4-2-1-3-16(14)17/h1-8,12,18-19,24H,9-11H2,(H,25,26)/t18-,19+/m1/s1. The van der Waals surface area contributed by atoms with E-state index in [9.17, 15) is 14.4 Å². The average Bonchev–Trinajstić information content (AvgIpc) is 3.34. The van der Waals surface area contributed by atoms with E-state index >= 15 is 0 Å². The third-order valence-electron chi connectivity index (χ3n) is 4.94. The summed E-state index contributed by atoms with van der Waals surface area (Å²) in [6.45, 7) is 0.209. The molecule has 0 saturated carbocycles. The second kappa shape index (κ2) is 8.59. The number of H-pyrrole nitrogens is 1. The van der Waals surface area contributed by atoms with E-state index in [1.165, 1.54) is 0 Å². The van der Waals surface area contributed by atoms with Crippen molar-refractivity contribution in [2.24, 2.45) is 0 Å². The first-order valence-electron chi connectivity index (χ1n) is 9.50. The Morgan fingerprint density at radius 1 is 1.20 bits per heavy atom. The zero-order chi connectivity index (χ0) is 21.1. The molecule has 154 valence electrons. The number of fused-ring (bicyclic) bond motifs is 1. The molecule has 0 aliphatic carbocycles. The normalized spacial score (nSPS) is 16.8. The van der Waals surface area contributed by atoms with E-state index in [0.29, 0.717) is 17.0 Å². The van der Waals surface area contributed by atoms with Crippen LogP contribution in [0.5, 0.6) is 0 Å². The molecule has 0 radical (unpaired) electrons. The van der Waals surface area contributed by atoms with Gasteiger partial charge in [0.1, 0.15) is 6.04 Å². The molecular weight excluding hydrogens is 408 g/mol. The zero-order valence-corrected chi connectivity index (χ0v) is 16.6. The van der Waals surface area contributed by atoms with E-state index in [0.717, 1.165) is 16.5 Å². The lowest BCUT2D eigenvalue weighted by atomic mass is 10.0. The van der Waals surface area contributed by atoms with Gasteiger partial charge in [-0.15, -0.1) is 0 Å². The Morgan fingerprint density at radius 3 is 2.70 bits per heavy atom. The molecule has 8 heteroatoms. The number of aromatic nitrogens is 1. The van der Waals surface area contributed by atoms with Crippen LogP contribution in [0.1, 0.15) is 22.3 Å². The van der Waals surface area contributed by atoms with Crippen molar-refractivity contribution < 1.29 is 23.9 Å². The summed E-state index contributed by atoms with van der Waals surface area (Å²) in [7, 11) is 0. The van der Waals surface area contributed by atoms with Gasteiger partial charge in [-0.05, 0) is 35.9 Å². The predicted molar refractivity (Wildman–Crippen MR) is 110 cm³/mol. The number of carbonyl (C=O) groups is 3. The lowest BCUT2D eigenvalue weighted by Crippen LogP contribution is -2.45. The van der Waals surface area contributed by atoms with Crippen molar-refractivity contribution >= 4 is 40.3 Å². The highest BCUT2D eigenvalue weighted by molar-refractivity contribution is 6.30. The molecule has 2 N–H and O–H groups in total. The minimum atomic E-state index is -0.985. The van der Waals surface area contributed by atoms with Gasteiger partial charge in [0, 0.05) is 40.5 Å². The van der Waals surface area contributed by atoms with E-state index in [2.05, 4.69) is 10.3 Å². The first-order chi connectivity index (χ1) is 14.5. The second-order valence-corrected chi connectivity index (χ2v) is 7.41. The minimum Gasteiger partial charge on any atom is -0.463 e. The number of amides is 1. The number of para-hydroxylation sites is 1. The molecule has 1 aliphatic heterocycles. The quantitative estimate of drug-likeness (QED) is 0.590. The number of hydrogen-bond donors (Lipinski definition) is 2. The van der Waals surface area contributed by atoms with Crippen LogP contribution in [0.25, 0.3) is 10.9 Å². The molecular formula is C22H19ClN2O5. The van der Waals surface area contributed by atoms with Crippen LogP contribution in [-0.2, 0) is 25.5 Å². The first-order valence-corrected chi connectivity index (χ1v) is 9.87. The maximum Gasteiger partial charge on any atom is 0.347 e. The summed E-state index contributed by atoms with van der Waals surface area (Å²) < 4.78 is 10.2. The molecule has 2 atom stereocenters. The van der Waals surface area contributed by atoms with Gasteiger partial charge >= 0.3 is 11.9 Å². The molecule has 1 amide bonds. The monoisotopic (exact) mass is 426 g/mol. The Balaban J connectivity index is 1.56. The average molecular weight is 427 g/mol. The molecule has 2 aromatic carbocycles. The van der Waals surface area contributed by atoms with Crippen LogP contribution in [-0.4, -0.2) is 41.6 Å². The number of ether oxygens (including phenoxy) is 2. The summed E-state index contributed by atoms with van der Waals surface area (Å²) in [4.78, 5) is 40.4. The van der Waals surface area contributed by atoms with Crippen LogP contribution in [0.2, 0.25) is 5.02 Å². The predicted octanol–water partition coefficient (Wildman–Crippen LogP) is 3.02. The molecule has 4 rings (SSSR count). The fourth-order valence-electron chi connectivity index (χ4n) is 3.36. The van der Waals surface area contributed by atoms with Crippen LogP contribution < -0.4 is 5.32 Å². The van der Waals surface area contributed by atoms with Crippen LogP contribution in [0, 0.1) is 0 Å². The number of hydrogen-bond acceptors (Lipinski definition) is 5. The summed E-state index contributed by atoms with van der Waals surface area (Å²) in [6, 6.07) is 13.0. The molecule has 0 unspecified atom stereocenters. The van der Waals surface area contributed by atoms with Gasteiger partial charge in [0.05, 0.1) is 6.61 Å². The molecule has 1 aliphatic rings. The topological polar surface area (TPSA) is 97.5 Å². The maximum atomic E-state index is 12.9. The number of rotatable bonds is 6. The molecule has 2 heterocycles. The molecule has 7 nitrogen and oxygen atoms in total. The zero-order valence-electron chi connectivity index (χ0n) is 15.9. The smallest absolute Gasteiger partial charge is 0.347 e. The van der Waals surface area contributed by atoms with Crippen LogP contribution in [0.15, 0.2) is 54.7 Å². The number of cyclic esters (lactones) is 1. The summed E-state index contributed by atoms with van der Waals surface area (Å²) >= 11 is 5.88. The molecule has 0 bridgehead atoms. The highest BCUT2D eigenvalue weighted by Gasteiger charge is 2.33. The van der Waals surface area contributed by atoms with Crippen LogP contribution in [0.4, 0.5) is 0 Å². The highest BCUT2D eigenvalue weighted by Crippen LogP contribution is 2.20. The van der Waals surface area contributed by atoms with Gasteiger partial charge < -0.3 is 19.8 Å². The molecule has 1 aromatic heterocycles.